The molecule has 0 rings (SSSR count). The Hall–Kier alpha value is -1.62. The molecule has 0 heterocycles. The Balaban J connectivity index is 4.01. The van der Waals surface area contributed by atoms with Crippen molar-refractivity contribution in [3.05, 3.63) is 25.3 Å². The van der Waals surface area contributed by atoms with E-state index in [0.29, 0.717) is 25.7 Å². The number of carbonyl (C=O) groups excluding carboxylic acids is 2. The van der Waals surface area contributed by atoms with Crippen LogP contribution in [0, 0.1) is 0 Å². The molecule has 174 valence electrons. The van der Waals surface area contributed by atoms with Crippen molar-refractivity contribution in [1.29, 1.82) is 0 Å². The van der Waals surface area contributed by atoms with Crippen molar-refractivity contribution >= 4 is 11.9 Å². The van der Waals surface area contributed by atoms with Crippen LogP contribution < -0.4 is 0 Å². The van der Waals surface area contributed by atoms with Gasteiger partial charge in [-0.1, -0.05) is 31.4 Å². The highest BCUT2D eigenvalue weighted by Crippen LogP contribution is 2.17. The predicted octanol–water partition coefficient (Wildman–Crippen LogP) is 6.05. The highest BCUT2D eigenvalue weighted by Gasteiger charge is 2.14. The zero-order valence-electron chi connectivity index (χ0n) is 19.0. The van der Waals surface area contributed by atoms with Gasteiger partial charge in [-0.3, -0.25) is 9.59 Å². The van der Waals surface area contributed by atoms with E-state index >= 15 is 0 Å². The largest absolute Gasteiger partial charge is 0.466 e. The zero-order valence-corrected chi connectivity index (χ0v) is 19.0. The third-order valence-electron chi connectivity index (χ3n) is 4.99. The van der Waals surface area contributed by atoms with Crippen LogP contribution in [-0.4, -0.2) is 36.4 Å². The van der Waals surface area contributed by atoms with Crippen LogP contribution in [0.4, 0.5) is 0 Å². The molecule has 0 atom stereocenters. The fourth-order valence-corrected chi connectivity index (χ4v) is 3.22. The first kappa shape index (κ1) is 28.4. The zero-order chi connectivity index (χ0) is 22.3. The van der Waals surface area contributed by atoms with Crippen LogP contribution in [0.15, 0.2) is 25.3 Å². The molecule has 0 aliphatic carbocycles. The first-order chi connectivity index (χ1) is 14.6. The van der Waals surface area contributed by atoms with Crippen molar-refractivity contribution in [2.75, 3.05) is 13.2 Å². The molecule has 0 radical (unpaired) electrons. The van der Waals surface area contributed by atoms with Gasteiger partial charge in [-0.05, 0) is 64.2 Å². The second-order valence-electron chi connectivity index (χ2n) is 7.82. The summed E-state index contributed by atoms with van der Waals surface area (Å²) in [6.45, 7) is 7.80. The molecule has 0 aliphatic rings. The molecular formula is C25H44O5. The van der Waals surface area contributed by atoms with E-state index in [0.717, 1.165) is 77.0 Å². The summed E-state index contributed by atoms with van der Waals surface area (Å²) in [5, 5.41) is 8.66. The highest BCUT2D eigenvalue weighted by molar-refractivity contribution is 5.70. The predicted molar refractivity (Wildman–Crippen MR) is 122 cm³/mol. The maximum atomic E-state index is 12.2. The molecule has 0 fully saturated rings. The van der Waals surface area contributed by atoms with Gasteiger partial charge in [0.2, 0.25) is 0 Å². The van der Waals surface area contributed by atoms with Gasteiger partial charge in [0.25, 0.3) is 0 Å². The van der Waals surface area contributed by atoms with Gasteiger partial charge < -0.3 is 14.6 Å². The summed E-state index contributed by atoms with van der Waals surface area (Å²) in [4.78, 5) is 23.7. The molecule has 0 aromatic carbocycles. The first-order valence-electron chi connectivity index (χ1n) is 11.8. The number of hydrogen-bond donors (Lipinski definition) is 1. The van der Waals surface area contributed by atoms with Gasteiger partial charge in [0.1, 0.15) is 6.10 Å². The number of aliphatic hydroxyl groups excluding tert-OH is 1. The van der Waals surface area contributed by atoms with E-state index in [9.17, 15) is 9.59 Å². The highest BCUT2D eigenvalue weighted by atomic mass is 16.5. The van der Waals surface area contributed by atoms with Crippen molar-refractivity contribution in [3.8, 4) is 0 Å². The van der Waals surface area contributed by atoms with Crippen molar-refractivity contribution in [2.45, 2.75) is 109 Å². The van der Waals surface area contributed by atoms with E-state index in [1.165, 1.54) is 0 Å². The fourth-order valence-electron chi connectivity index (χ4n) is 3.22. The van der Waals surface area contributed by atoms with E-state index < -0.39 is 0 Å². The van der Waals surface area contributed by atoms with Crippen LogP contribution in [0.3, 0.4) is 0 Å². The minimum Gasteiger partial charge on any atom is -0.466 e. The molecule has 0 saturated carbocycles. The normalized spacial score (nSPS) is 10.7. The lowest BCUT2D eigenvalue weighted by molar-refractivity contribution is -0.150. The van der Waals surface area contributed by atoms with Gasteiger partial charge in [-0.2, -0.15) is 0 Å². The van der Waals surface area contributed by atoms with Crippen molar-refractivity contribution in [1.82, 2.24) is 0 Å². The topological polar surface area (TPSA) is 72.8 Å². The maximum Gasteiger partial charge on any atom is 0.306 e. The lowest BCUT2D eigenvalue weighted by Crippen LogP contribution is -2.18. The van der Waals surface area contributed by atoms with E-state index in [1.54, 1.807) is 0 Å². The average Bonchev–Trinajstić information content (AvgIpc) is 2.73. The number of esters is 2. The third-order valence-corrected chi connectivity index (χ3v) is 4.99. The molecule has 0 amide bonds. The molecule has 5 heteroatoms. The minimum atomic E-state index is -0.237. The van der Waals surface area contributed by atoms with E-state index in [2.05, 4.69) is 13.2 Å². The summed E-state index contributed by atoms with van der Waals surface area (Å²) in [6.07, 6.45) is 18.1. The van der Waals surface area contributed by atoms with Gasteiger partial charge >= 0.3 is 11.9 Å². The Morgan fingerprint density at radius 3 is 1.80 bits per heavy atom. The number of aliphatic hydroxyl groups is 1. The van der Waals surface area contributed by atoms with Crippen molar-refractivity contribution in [3.63, 3.8) is 0 Å². The second kappa shape index (κ2) is 22.1. The molecule has 0 spiro atoms. The van der Waals surface area contributed by atoms with E-state index in [1.807, 2.05) is 12.2 Å². The molecule has 5 nitrogen and oxygen atoms in total. The van der Waals surface area contributed by atoms with E-state index in [-0.39, 0.29) is 31.3 Å². The number of carbonyl (C=O) groups is 2. The van der Waals surface area contributed by atoms with Crippen molar-refractivity contribution < 1.29 is 24.2 Å². The minimum absolute atomic E-state index is 0.0199. The van der Waals surface area contributed by atoms with Crippen LogP contribution in [0.25, 0.3) is 0 Å². The Morgan fingerprint density at radius 2 is 1.27 bits per heavy atom. The fraction of sp³-hybridized carbons (Fsp3) is 0.760. The summed E-state index contributed by atoms with van der Waals surface area (Å²) in [7, 11) is 0. The maximum absolute atomic E-state index is 12.2. The summed E-state index contributed by atoms with van der Waals surface area (Å²) in [5.41, 5.74) is 0. The second-order valence-corrected chi connectivity index (χ2v) is 7.82. The first-order valence-corrected chi connectivity index (χ1v) is 11.8. The van der Waals surface area contributed by atoms with Crippen LogP contribution in [0.2, 0.25) is 0 Å². The molecule has 0 aliphatic heterocycles. The molecule has 0 aromatic rings. The molecule has 0 bridgehead atoms. The lowest BCUT2D eigenvalue weighted by atomic mass is 10.0. The van der Waals surface area contributed by atoms with Crippen molar-refractivity contribution in [2.24, 2.45) is 0 Å². The SMILES string of the molecule is C=CCCCCCC(CCCCCC=C)OC(=O)CCCCCC(=O)OCCCO. The van der Waals surface area contributed by atoms with Crippen LogP contribution in [0.1, 0.15) is 103 Å². The third kappa shape index (κ3) is 19.7. The summed E-state index contributed by atoms with van der Waals surface area (Å²) >= 11 is 0. The van der Waals surface area contributed by atoms with Gasteiger partial charge in [-0.25, -0.2) is 0 Å². The average molecular weight is 425 g/mol. The quantitative estimate of drug-likeness (QED) is 0.130. The van der Waals surface area contributed by atoms with Gasteiger partial charge in [0.05, 0.1) is 6.61 Å². The molecule has 0 saturated heterocycles. The Kier molecular flexibility index (Phi) is 20.9. The standard InChI is InChI=1S/C25H44O5/c1-3-5-7-9-12-17-23(18-13-10-8-6-4-2)30-25(28)20-15-11-14-19-24(27)29-22-16-21-26/h3-4,23,26H,1-2,5-22H2. The van der Waals surface area contributed by atoms with E-state index in [4.69, 9.17) is 14.6 Å². The Bertz CT molecular complexity index is 429. The summed E-state index contributed by atoms with van der Waals surface area (Å²) < 4.78 is 10.7. The number of hydrogen-bond acceptors (Lipinski definition) is 5. The molecule has 0 aromatic heterocycles. The van der Waals surface area contributed by atoms with Gasteiger partial charge in [-0.15, -0.1) is 13.2 Å². The van der Waals surface area contributed by atoms with Crippen LogP contribution in [0.5, 0.6) is 0 Å². The Morgan fingerprint density at radius 1 is 0.733 bits per heavy atom. The monoisotopic (exact) mass is 424 g/mol. The number of ether oxygens (including phenoxy) is 2. The number of allylic oxidation sites excluding steroid dienone is 2. The Labute approximate surface area is 183 Å². The lowest BCUT2D eigenvalue weighted by Gasteiger charge is -2.18. The molecule has 0 unspecified atom stereocenters. The molecular weight excluding hydrogens is 380 g/mol. The summed E-state index contributed by atoms with van der Waals surface area (Å²) in [5.74, 6) is -0.360. The molecule has 30 heavy (non-hydrogen) atoms. The van der Waals surface area contributed by atoms with Gasteiger partial charge in [0, 0.05) is 25.9 Å². The van der Waals surface area contributed by atoms with Crippen LogP contribution >= 0.6 is 0 Å². The molecule has 1 N–H and O–H groups in total. The number of rotatable bonds is 22. The van der Waals surface area contributed by atoms with Crippen LogP contribution in [-0.2, 0) is 19.1 Å². The number of unbranched alkanes of at least 4 members (excludes halogenated alkanes) is 8. The summed E-state index contributed by atoms with van der Waals surface area (Å²) in [6, 6.07) is 0. The smallest absolute Gasteiger partial charge is 0.306 e. The van der Waals surface area contributed by atoms with Gasteiger partial charge in [0.15, 0.2) is 0 Å².